The number of furan rings is 1. The van der Waals surface area contributed by atoms with Crippen molar-refractivity contribution in [2.75, 3.05) is 0 Å². The van der Waals surface area contributed by atoms with Crippen LogP contribution in [0.15, 0.2) is 22.8 Å². The molecule has 1 saturated carbocycles. The van der Waals surface area contributed by atoms with Gasteiger partial charge in [-0.25, -0.2) is 0 Å². The lowest BCUT2D eigenvalue weighted by molar-refractivity contribution is 0.506. The Morgan fingerprint density at radius 1 is 1.67 bits per heavy atom. The van der Waals surface area contributed by atoms with Crippen molar-refractivity contribution in [1.82, 2.24) is 0 Å². The van der Waals surface area contributed by atoms with Crippen molar-refractivity contribution in [1.29, 1.82) is 0 Å². The van der Waals surface area contributed by atoms with Gasteiger partial charge in [0.1, 0.15) is 5.76 Å². The highest BCUT2D eigenvalue weighted by atomic mass is 16.3. The molecular weight excluding hydrogens is 112 g/mol. The summed E-state index contributed by atoms with van der Waals surface area (Å²) in [5.41, 5.74) is 0. The van der Waals surface area contributed by atoms with Crippen LogP contribution in [0.3, 0.4) is 0 Å². The topological polar surface area (TPSA) is 13.1 Å². The first kappa shape index (κ1) is 5.10. The van der Waals surface area contributed by atoms with E-state index < -0.39 is 0 Å². The van der Waals surface area contributed by atoms with Crippen LogP contribution in [0.5, 0.6) is 0 Å². The van der Waals surface area contributed by atoms with Gasteiger partial charge in [0.2, 0.25) is 0 Å². The summed E-state index contributed by atoms with van der Waals surface area (Å²) in [5.74, 6) is 2.76. The molecule has 1 fully saturated rings. The van der Waals surface area contributed by atoms with Gasteiger partial charge in [-0.3, -0.25) is 0 Å². The Morgan fingerprint density at radius 2 is 2.44 bits per heavy atom. The van der Waals surface area contributed by atoms with Crippen molar-refractivity contribution in [3.05, 3.63) is 24.2 Å². The summed E-state index contributed by atoms with van der Waals surface area (Å²) in [7, 11) is 0. The molecule has 1 aromatic heterocycles. The summed E-state index contributed by atoms with van der Waals surface area (Å²) < 4.78 is 5.23. The average Bonchev–Trinajstić information content (AvgIpc) is 2.44. The van der Waals surface area contributed by atoms with Gasteiger partial charge >= 0.3 is 0 Å². The molecule has 0 aromatic carbocycles. The van der Waals surface area contributed by atoms with Crippen LogP contribution >= 0.6 is 0 Å². The Hall–Kier alpha value is -0.720. The Kier molecular flexibility index (Phi) is 0.922. The minimum atomic E-state index is 0.736. The summed E-state index contributed by atoms with van der Waals surface area (Å²) in [6, 6.07) is 4.02. The lowest BCUT2D eigenvalue weighted by atomic mass is 10.3. The largest absolute Gasteiger partial charge is 0.469 e. The first-order valence-corrected chi connectivity index (χ1v) is 3.41. The number of hydrogen-bond acceptors (Lipinski definition) is 1. The molecule has 0 aliphatic heterocycles. The van der Waals surface area contributed by atoms with Gasteiger partial charge in [-0.15, -0.1) is 0 Å². The Morgan fingerprint density at radius 3 is 2.89 bits per heavy atom. The predicted molar refractivity (Wildman–Crippen MR) is 35.2 cm³/mol. The molecule has 0 spiro atoms. The minimum absolute atomic E-state index is 0.736. The van der Waals surface area contributed by atoms with E-state index in [9.17, 15) is 0 Å². The summed E-state index contributed by atoms with van der Waals surface area (Å²) >= 11 is 0. The molecule has 2 atom stereocenters. The first-order chi connectivity index (χ1) is 4.38. The van der Waals surface area contributed by atoms with Crippen molar-refractivity contribution >= 4 is 0 Å². The van der Waals surface area contributed by atoms with E-state index in [-0.39, 0.29) is 0 Å². The third-order valence-electron chi connectivity index (χ3n) is 2.02. The predicted octanol–water partition coefficient (Wildman–Crippen LogP) is 2.40. The van der Waals surface area contributed by atoms with Crippen LogP contribution in [0.25, 0.3) is 0 Å². The maximum atomic E-state index is 5.23. The molecular formula is C8H10O. The van der Waals surface area contributed by atoms with Crippen LogP contribution in [-0.4, -0.2) is 0 Å². The number of hydrogen-bond donors (Lipinski definition) is 0. The molecule has 0 bridgehead atoms. The normalized spacial score (nSPS) is 32.6. The van der Waals surface area contributed by atoms with Crippen LogP contribution in [0, 0.1) is 5.92 Å². The second-order valence-corrected chi connectivity index (χ2v) is 2.83. The lowest BCUT2D eigenvalue weighted by Crippen LogP contribution is -1.72. The average molecular weight is 122 g/mol. The zero-order valence-electron chi connectivity index (χ0n) is 5.50. The molecule has 0 radical (unpaired) electrons. The van der Waals surface area contributed by atoms with Crippen LogP contribution in [0.1, 0.15) is 25.0 Å². The fourth-order valence-corrected chi connectivity index (χ4v) is 1.22. The Labute approximate surface area is 54.7 Å². The van der Waals surface area contributed by atoms with Crippen LogP contribution < -0.4 is 0 Å². The quantitative estimate of drug-likeness (QED) is 0.557. The zero-order chi connectivity index (χ0) is 6.27. The molecule has 0 saturated heterocycles. The summed E-state index contributed by atoms with van der Waals surface area (Å²) in [4.78, 5) is 0. The van der Waals surface area contributed by atoms with E-state index in [0.29, 0.717) is 0 Å². The molecule has 1 aromatic rings. The molecule has 9 heavy (non-hydrogen) atoms. The second-order valence-electron chi connectivity index (χ2n) is 2.83. The lowest BCUT2D eigenvalue weighted by Gasteiger charge is -1.86. The van der Waals surface area contributed by atoms with Crippen LogP contribution in [-0.2, 0) is 0 Å². The maximum Gasteiger partial charge on any atom is 0.107 e. The van der Waals surface area contributed by atoms with E-state index >= 15 is 0 Å². The molecule has 1 heteroatoms. The molecule has 0 N–H and O–H groups in total. The van der Waals surface area contributed by atoms with Gasteiger partial charge in [-0.05, 0) is 24.5 Å². The summed E-state index contributed by atoms with van der Waals surface area (Å²) in [6.45, 7) is 2.26. The van der Waals surface area contributed by atoms with E-state index in [4.69, 9.17) is 4.42 Å². The number of rotatable bonds is 1. The molecule has 0 unspecified atom stereocenters. The first-order valence-electron chi connectivity index (χ1n) is 3.41. The monoisotopic (exact) mass is 122 g/mol. The SMILES string of the molecule is C[C@@H]1C[C@H]1c1ccco1. The molecule has 1 nitrogen and oxygen atoms in total. The smallest absolute Gasteiger partial charge is 0.107 e. The minimum Gasteiger partial charge on any atom is -0.469 e. The van der Waals surface area contributed by atoms with Crippen molar-refractivity contribution in [2.24, 2.45) is 5.92 Å². The van der Waals surface area contributed by atoms with Gasteiger partial charge in [-0.2, -0.15) is 0 Å². The van der Waals surface area contributed by atoms with Crippen LogP contribution in [0.2, 0.25) is 0 Å². The van der Waals surface area contributed by atoms with Crippen LogP contribution in [0.4, 0.5) is 0 Å². The van der Waals surface area contributed by atoms with E-state index in [1.54, 1.807) is 6.26 Å². The fraction of sp³-hybridized carbons (Fsp3) is 0.500. The maximum absolute atomic E-state index is 5.23. The fourth-order valence-electron chi connectivity index (χ4n) is 1.22. The molecule has 1 aliphatic rings. The molecule has 0 amide bonds. The Balaban J connectivity index is 2.18. The zero-order valence-corrected chi connectivity index (χ0v) is 5.50. The third-order valence-corrected chi connectivity index (χ3v) is 2.02. The van der Waals surface area contributed by atoms with Crippen molar-refractivity contribution in [3.8, 4) is 0 Å². The van der Waals surface area contributed by atoms with Gasteiger partial charge in [-0.1, -0.05) is 6.92 Å². The third kappa shape index (κ3) is 0.766. The highest BCUT2D eigenvalue weighted by molar-refractivity contribution is 5.13. The second kappa shape index (κ2) is 1.63. The van der Waals surface area contributed by atoms with Crippen molar-refractivity contribution < 1.29 is 4.42 Å². The van der Waals surface area contributed by atoms with Gasteiger partial charge in [0, 0.05) is 5.92 Å². The van der Waals surface area contributed by atoms with Gasteiger partial charge in [0.25, 0.3) is 0 Å². The highest BCUT2D eigenvalue weighted by Gasteiger charge is 2.35. The Bertz CT molecular complexity index is 188. The van der Waals surface area contributed by atoms with Gasteiger partial charge in [0.05, 0.1) is 6.26 Å². The molecule has 1 aliphatic carbocycles. The molecule has 48 valence electrons. The van der Waals surface area contributed by atoms with E-state index in [1.807, 2.05) is 6.07 Å². The van der Waals surface area contributed by atoms with Crippen molar-refractivity contribution in [2.45, 2.75) is 19.3 Å². The molecule has 1 heterocycles. The highest BCUT2D eigenvalue weighted by Crippen LogP contribution is 2.46. The summed E-state index contributed by atoms with van der Waals surface area (Å²) in [6.07, 6.45) is 3.06. The molecule has 2 rings (SSSR count). The van der Waals surface area contributed by atoms with Gasteiger partial charge < -0.3 is 4.42 Å². The van der Waals surface area contributed by atoms with E-state index in [1.165, 1.54) is 12.2 Å². The summed E-state index contributed by atoms with van der Waals surface area (Å²) in [5, 5.41) is 0. The van der Waals surface area contributed by atoms with E-state index in [0.717, 1.165) is 11.8 Å². The van der Waals surface area contributed by atoms with E-state index in [2.05, 4.69) is 13.0 Å². The standard InChI is InChI=1S/C8H10O/c1-6-5-7(6)8-3-2-4-9-8/h2-4,6-7H,5H2,1H3/t6-,7-/m1/s1. The van der Waals surface area contributed by atoms with Crippen molar-refractivity contribution in [3.63, 3.8) is 0 Å². The van der Waals surface area contributed by atoms with Gasteiger partial charge in [0.15, 0.2) is 0 Å².